The summed E-state index contributed by atoms with van der Waals surface area (Å²) in [6, 6.07) is 12.4. The van der Waals surface area contributed by atoms with Crippen LogP contribution in [0.2, 0.25) is 0 Å². The Morgan fingerprint density at radius 3 is 2.90 bits per heavy atom. The number of nitrogens with one attached hydrogen (secondary N) is 1. The molecule has 0 aliphatic carbocycles. The molecule has 0 bridgehead atoms. The standard InChI is InChI=1S/C22H24FN3O3/c1-27-14-15-6-7-20(28-2)16(10-15)12-26-9-8-21-19(13-26)22(25-29-21)24-18-5-3-4-17(23)11-18/h3-7,10-11H,8-9,12-14H2,1-2H3,(H,24,25). The number of nitrogens with zero attached hydrogens (tertiary/aromatic N) is 2. The minimum Gasteiger partial charge on any atom is -0.496 e. The van der Waals surface area contributed by atoms with E-state index in [1.54, 1.807) is 26.4 Å². The van der Waals surface area contributed by atoms with E-state index in [0.29, 0.717) is 24.7 Å². The molecular formula is C22H24FN3O3. The van der Waals surface area contributed by atoms with E-state index < -0.39 is 0 Å². The van der Waals surface area contributed by atoms with Crippen LogP contribution in [0.15, 0.2) is 47.0 Å². The van der Waals surface area contributed by atoms with Crippen molar-refractivity contribution < 1.29 is 18.4 Å². The highest BCUT2D eigenvalue weighted by atomic mass is 19.1. The molecule has 2 aromatic carbocycles. The number of halogens is 1. The van der Waals surface area contributed by atoms with Crippen LogP contribution in [0.3, 0.4) is 0 Å². The molecule has 0 saturated carbocycles. The fourth-order valence-corrected chi connectivity index (χ4v) is 3.65. The maximum absolute atomic E-state index is 13.5. The molecule has 0 unspecified atom stereocenters. The minimum absolute atomic E-state index is 0.294. The van der Waals surface area contributed by atoms with Gasteiger partial charge in [-0.1, -0.05) is 17.3 Å². The molecule has 1 aliphatic heterocycles. The first-order chi connectivity index (χ1) is 14.2. The monoisotopic (exact) mass is 397 g/mol. The summed E-state index contributed by atoms with van der Waals surface area (Å²) < 4.78 is 29.8. The van der Waals surface area contributed by atoms with Gasteiger partial charge < -0.3 is 19.3 Å². The molecule has 4 rings (SSSR count). The second kappa shape index (κ2) is 8.63. The van der Waals surface area contributed by atoms with Crippen LogP contribution in [0.5, 0.6) is 5.75 Å². The molecule has 0 spiro atoms. The molecule has 1 aliphatic rings. The highest BCUT2D eigenvalue weighted by Crippen LogP contribution is 2.30. The predicted octanol–water partition coefficient (Wildman–Crippen LogP) is 4.27. The van der Waals surface area contributed by atoms with Crippen molar-refractivity contribution in [2.24, 2.45) is 0 Å². The number of hydrogen-bond donors (Lipinski definition) is 1. The first kappa shape index (κ1) is 19.4. The van der Waals surface area contributed by atoms with Crippen molar-refractivity contribution in [3.8, 4) is 5.75 Å². The summed E-state index contributed by atoms with van der Waals surface area (Å²) in [5.41, 5.74) is 3.88. The highest BCUT2D eigenvalue weighted by Gasteiger charge is 2.25. The summed E-state index contributed by atoms with van der Waals surface area (Å²) in [5.74, 6) is 2.08. The zero-order chi connectivity index (χ0) is 20.2. The molecule has 0 atom stereocenters. The number of ether oxygens (including phenoxy) is 2. The third kappa shape index (κ3) is 4.41. The molecule has 0 radical (unpaired) electrons. The SMILES string of the molecule is COCc1ccc(OC)c(CN2CCc3onc(Nc4cccc(F)c4)c3C2)c1. The van der Waals surface area contributed by atoms with Gasteiger partial charge in [0.25, 0.3) is 0 Å². The van der Waals surface area contributed by atoms with Gasteiger partial charge in [0.1, 0.15) is 17.3 Å². The van der Waals surface area contributed by atoms with E-state index in [1.165, 1.54) is 12.1 Å². The molecule has 0 saturated heterocycles. The lowest BCUT2D eigenvalue weighted by atomic mass is 10.1. The maximum atomic E-state index is 13.5. The maximum Gasteiger partial charge on any atom is 0.178 e. The van der Waals surface area contributed by atoms with Crippen LogP contribution in [0, 0.1) is 5.82 Å². The van der Waals surface area contributed by atoms with E-state index in [-0.39, 0.29) is 5.82 Å². The van der Waals surface area contributed by atoms with Crippen molar-refractivity contribution >= 4 is 11.5 Å². The molecule has 0 amide bonds. The smallest absolute Gasteiger partial charge is 0.178 e. The van der Waals surface area contributed by atoms with Crippen molar-refractivity contribution in [2.45, 2.75) is 26.1 Å². The molecule has 2 heterocycles. The van der Waals surface area contributed by atoms with Crippen molar-refractivity contribution in [2.75, 3.05) is 26.1 Å². The Bertz CT molecular complexity index is 989. The van der Waals surface area contributed by atoms with Crippen molar-refractivity contribution in [1.29, 1.82) is 0 Å². The van der Waals surface area contributed by atoms with Gasteiger partial charge >= 0.3 is 0 Å². The Hall–Kier alpha value is -2.90. The number of hydrogen-bond acceptors (Lipinski definition) is 6. The third-order valence-corrected chi connectivity index (χ3v) is 5.04. The van der Waals surface area contributed by atoms with Gasteiger partial charge in [-0.15, -0.1) is 0 Å². The lowest BCUT2D eigenvalue weighted by Crippen LogP contribution is -2.30. The Morgan fingerprint density at radius 2 is 2.10 bits per heavy atom. The second-order valence-corrected chi connectivity index (χ2v) is 7.11. The van der Waals surface area contributed by atoms with E-state index in [1.807, 2.05) is 12.1 Å². The lowest BCUT2D eigenvalue weighted by Gasteiger charge is -2.27. The topological polar surface area (TPSA) is 59.8 Å². The van der Waals surface area contributed by atoms with Gasteiger partial charge in [-0.25, -0.2) is 4.39 Å². The molecule has 1 N–H and O–H groups in total. The summed E-state index contributed by atoms with van der Waals surface area (Å²) in [6.45, 7) is 2.85. The molecule has 7 heteroatoms. The largest absolute Gasteiger partial charge is 0.496 e. The molecule has 29 heavy (non-hydrogen) atoms. The molecule has 6 nitrogen and oxygen atoms in total. The van der Waals surface area contributed by atoms with Crippen molar-refractivity contribution in [3.05, 3.63) is 70.7 Å². The van der Waals surface area contributed by atoms with Crippen LogP contribution in [0.1, 0.15) is 22.5 Å². The second-order valence-electron chi connectivity index (χ2n) is 7.11. The van der Waals surface area contributed by atoms with E-state index in [9.17, 15) is 4.39 Å². The quantitative estimate of drug-likeness (QED) is 0.643. The van der Waals surface area contributed by atoms with Gasteiger partial charge in [-0.3, -0.25) is 4.90 Å². The van der Waals surface area contributed by atoms with Gasteiger partial charge in [0.15, 0.2) is 5.82 Å². The molecule has 3 aromatic rings. The number of methoxy groups -OCH3 is 2. The van der Waals surface area contributed by atoms with Crippen LogP contribution in [0.25, 0.3) is 0 Å². The Morgan fingerprint density at radius 1 is 1.21 bits per heavy atom. The van der Waals surface area contributed by atoms with Crippen LogP contribution in [-0.2, 0) is 30.9 Å². The molecule has 0 fully saturated rings. The van der Waals surface area contributed by atoms with Crippen LogP contribution >= 0.6 is 0 Å². The summed E-state index contributed by atoms with van der Waals surface area (Å²) >= 11 is 0. The Labute approximate surface area is 169 Å². The third-order valence-electron chi connectivity index (χ3n) is 5.04. The average Bonchev–Trinajstić information content (AvgIpc) is 3.11. The van der Waals surface area contributed by atoms with Gasteiger partial charge in [-0.2, -0.15) is 0 Å². The predicted molar refractivity (Wildman–Crippen MR) is 108 cm³/mol. The van der Waals surface area contributed by atoms with Gasteiger partial charge in [0, 0.05) is 44.4 Å². The summed E-state index contributed by atoms with van der Waals surface area (Å²) in [5, 5.41) is 7.33. The van der Waals surface area contributed by atoms with Crippen LogP contribution < -0.4 is 10.1 Å². The summed E-state index contributed by atoms with van der Waals surface area (Å²) in [6.07, 6.45) is 0.771. The van der Waals surface area contributed by atoms with Gasteiger partial charge in [0.2, 0.25) is 0 Å². The summed E-state index contributed by atoms with van der Waals surface area (Å²) in [7, 11) is 3.37. The fourth-order valence-electron chi connectivity index (χ4n) is 3.65. The van der Waals surface area contributed by atoms with E-state index in [4.69, 9.17) is 14.0 Å². The van der Waals surface area contributed by atoms with E-state index in [0.717, 1.165) is 47.7 Å². The zero-order valence-corrected chi connectivity index (χ0v) is 16.6. The average molecular weight is 397 g/mol. The Kier molecular flexibility index (Phi) is 5.78. The number of aromatic nitrogens is 1. The van der Waals surface area contributed by atoms with E-state index in [2.05, 4.69) is 21.4 Å². The van der Waals surface area contributed by atoms with Crippen LogP contribution in [0.4, 0.5) is 15.9 Å². The highest BCUT2D eigenvalue weighted by molar-refractivity contribution is 5.60. The first-order valence-electron chi connectivity index (χ1n) is 9.53. The Balaban J connectivity index is 1.52. The van der Waals surface area contributed by atoms with E-state index >= 15 is 0 Å². The van der Waals surface area contributed by atoms with Crippen molar-refractivity contribution in [3.63, 3.8) is 0 Å². The molecule has 1 aromatic heterocycles. The van der Waals surface area contributed by atoms with Gasteiger partial charge in [-0.05, 0) is 35.9 Å². The first-order valence-corrected chi connectivity index (χ1v) is 9.53. The van der Waals surface area contributed by atoms with Crippen LogP contribution in [-0.4, -0.2) is 30.8 Å². The lowest BCUT2D eigenvalue weighted by molar-refractivity contribution is 0.184. The van der Waals surface area contributed by atoms with Crippen molar-refractivity contribution in [1.82, 2.24) is 10.1 Å². The number of benzene rings is 2. The fraction of sp³-hybridized carbons (Fsp3) is 0.318. The molecule has 152 valence electrons. The molecular weight excluding hydrogens is 373 g/mol. The normalized spacial score (nSPS) is 13.9. The zero-order valence-electron chi connectivity index (χ0n) is 16.6. The summed E-state index contributed by atoms with van der Waals surface area (Å²) in [4.78, 5) is 2.32. The number of anilines is 2. The number of fused-ring (bicyclic) bond motifs is 1. The van der Waals surface area contributed by atoms with Gasteiger partial charge in [0.05, 0.1) is 19.3 Å². The minimum atomic E-state index is -0.294. The number of rotatable bonds is 7.